The molecule has 1 fully saturated rings. The van der Waals surface area contributed by atoms with Crippen molar-refractivity contribution in [1.29, 1.82) is 0 Å². The first-order valence-corrected chi connectivity index (χ1v) is 8.96. The van der Waals surface area contributed by atoms with Crippen molar-refractivity contribution in [3.8, 4) is 11.3 Å². The maximum absolute atomic E-state index is 13.1. The number of nitrogens with one attached hydrogen (secondary N) is 1. The van der Waals surface area contributed by atoms with Crippen LogP contribution in [0.1, 0.15) is 23.5 Å². The maximum Gasteiger partial charge on any atom is 0.419 e. The van der Waals surface area contributed by atoms with Gasteiger partial charge < -0.3 is 10.7 Å². The zero-order valence-electron chi connectivity index (χ0n) is 14.9. The number of aryl methyl sites for hydroxylation is 1. The molecule has 1 saturated heterocycles. The molecule has 0 aliphatic carbocycles. The van der Waals surface area contributed by atoms with E-state index in [9.17, 15) is 13.2 Å². The number of nitrogens with two attached hydrogens (primary N) is 1. The molecule has 0 unspecified atom stereocenters. The summed E-state index contributed by atoms with van der Waals surface area (Å²) in [6.45, 7) is 3.28. The van der Waals surface area contributed by atoms with E-state index in [1.807, 2.05) is 10.7 Å². The normalized spacial score (nSPS) is 18.4. The van der Waals surface area contributed by atoms with Gasteiger partial charge in [0, 0.05) is 54.9 Å². The number of imidazole rings is 1. The summed E-state index contributed by atoms with van der Waals surface area (Å²) in [6, 6.07) is 2.92. The molecular formula is C18H18F3N7. The van der Waals surface area contributed by atoms with Crippen molar-refractivity contribution in [3.63, 3.8) is 0 Å². The minimum atomic E-state index is -4.54. The minimum absolute atomic E-state index is 0.00589. The fourth-order valence-corrected chi connectivity index (χ4v) is 4.28. The van der Waals surface area contributed by atoms with Crippen molar-refractivity contribution in [1.82, 2.24) is 29.6 Å². The Morgan fingerprint density at radius 2 is 2.04 bits per heavy atom. The highest BCUT2D eigenvalue weighted by atomic mass is 19.4. The van der Waals surface area contributed by atoms with E-state index >= 15 is 0 Å². The number of nitrogens with zero attached hydrogens (tertiary/aromatic N) is 5. The average molecular weight is 389 g/mol. The number of alkyl halides is 3. The Labute approximate surface area is 158 Å². The van der Waals surface area contributed by atoms with E-state index in [-0.39, 0.29) is 5.41 Å². The van der Waals surface area contributed by atoms with Gasteiger partial charge in [0.2, 0.25) is 0 Å². The Morgan fingerprint density at radius 1 is 1.21 bits per heavy atom. The van der Waals surface area contributed by atoms with Gasteiger partial charge in [-0.15, -0.1) is 0 Å². The Morgan fingerprint density at radius 3 is 2.75 bits per heavy atom. The standard InChI is InChI=1S/C18H18F3N7/c19-18(20,21)12-5-11(7-25-16(12)22)13-6-14-17(1-4-28(14)26-13)9-27(10-17)8-15-23-2-3-24-15/h2-3,5-7H,1,4,8-10H2,(H2,22,25)(H,23,24). The molecule has 0 atom stereocenters. The van der Waals surface area contributed by atoms with Gasteiger partial charge >= 0.3 is 6.18 Å². The second kappa shape index (κ2) is 5.81. The molecule has 146 valence electrons. The third kappa shape index (κ3) is 2.67. The predicted octanol–water partition coefficient (Wildman–Crippen LogP) is 2.43. The SMILES string of the molecule is Nc1ncc(-c2cc3n(n2)CCC32CN(Cc3ncc[nH]3)C2)cc1C(F)(F)F. The number of fused-ring (bicyclic) bond motifs is 2. The highest BCUT2D eigenvalue weighted by molar-refractivity contribution is 5.63. The zero-order chi connectivity index (χ0) is 19.5. The van der Waals surface area contributed by atoms with Crippen LogP contribution in [0.4, 0.5) is 19.0 Å². The van der Waals surface area contributed by atoms with E-state index in [0.29, 0.717) is 11.3 Å². The molecule has 2 aliphatic rings. The van der Waals surface area contributed by atoms with Crippen molar-refractivity contribution in [2.24, 2.45) is 0 Å². The summed E-state index contributed by atoms with van der Waals surface area (Å²) in [5.41, 5.74) is 6.37. The molecule has 0 amide bonds. The number of pyridine rings is 1. The van der Waals surface area contributed by atoms with Crippen LogP contribution in [0.25, 0.3) is 11.3 Å². The summed E-state index contributed by atoms with van der Waals surface area (Å²) < 4.78 is 41.3. The van der Waals surface area contributed by atoms with Gasteiger partial charge in [-0.3, -0.25) is 9.58 Å². The second-order valence-electron chi connectivity index (χ2n) is 7.50. The van der Waals surface area contributed by atoms with E-state index in [1.165, 1.54) is 6.20 Å². The Hall–Kier alpha value is -2.88. The summed E-state index contributed by atoms with van der Waals surface area (Å²) in [6.07, 6.45) is 1.32. The van der Waals surface area contributed by atoms with Crippen LogP contribution in [0.15, 0.2) is 30.7 Å². The lowest BCUT2D eigenvalue weighted by atomic mass is 9.76. The molecule has 3 aromatic rings. The molecule has 3 aromatic heterocycles. The molecule has 5 rings (SSSR count). The molecule has 5 heterocycles. The van der Waals surface area contributed by atoms with Crippen LogP contribution in [0.5, 0.6) is 0 Å². The third-order valence-electron chi connectivity index (χ3n) is 5.63. The van der Waals surface area contributed by atoms with Gasteiger partial charge in [-0.25, -0.2) is 9.97 Å². The summed E-state index contributed by atoms with van der Waals surface area (Å²) in [5, 5.41) is 4.52. The monoisotopic (exact) mass is 389 g/mol. The lowest BCUT2D eigenvalue weighted by molar-refractivity contribution is -0.137. The summed E-state index contributed by atoms with van der Waals surface area (Å²) in [4.78, 5) is 13.4. The highest BCUT2D eigenvalue weighted by Gasteiger charge is 2.49. The fraction of sp³-hybridized carbons (Fsp3) is 0.389. The highest BCUT2D eigenvalue weighted by Crippen LogP contribution is 2.44. The Bertz CT molecular complexity index is 1020. The van der Waals surface area contributed by atoms with Crippen molar-refractivity contribution in [3.05, 3.63) is 47.8 Å². The van der Waals surface area contributed by atoms with Crippen LogP contribution in [0.2, 0.25) is 0 Å². The first-order chi connectivity index (χ1) is 13.3. The number of H-pyrrole nitrogens is 1. The second-order valence-corrected chi connectivity index (χ2v) is 7.50. The number of anilines is 1. The molecule has 28 heavy (non-hydrogen) atoms. The lowest BCUT2D eigenvalue weighted by Crippen LogP contribution is -2.57. The van der Waals surface area contributed by atoms with E-state index in [1.54, 1.807) is 12.4 Å². The number of hydrogen-bond acceptors (Lipinski definition) is 5. The number of aromatic amines is 1. The van der Waals surface area contributed by atoms with Crippen LogP contribution in [0, 0.1) is 0 Å². The van der Waals surface area contributed by atoms with E-state index in [0.717, 1.165) is 50.2 Å². The smallest absolute Gasteiger partial charge is 0.383 e. The Balaban J connectivity index is 1.40. The molecular weight excluding hydrogens is 371 g/mol. The van der Waals surface area contributed by atoms with Gasteiger partial charge in [0.05, 0.1) is 17.8 Å². The van der Waals surface area contributed by atoms with Gasteiger partial charge in [0.25, 0.3) is 0 Å². The number of hydrogen-bond donors (Lipinski definition) is 2. The van der Waals surface area contributed by atoms with Crippen molar-refractivity contribution in [2.75, 3.05) is 18.8 Å². The zero-order valence-corrected chi connectivity index (χ0v) is 14.9. The molecule has 3 N–H and O–H groups in total. The Kier molecular flexibility index (Phi) is 3.57. The van der Waals surface area contributed by atoms with Crippen molar-refractivity contribution < 1.29 is 13.2 Å². The van der Waals surface area contributed by atoms with Gasteiger partial charge in [0.15, 0.2) is 0 Å². The lowest BCUT2D eigenvalue weighted by Gasteiger charge is -2.47. The first kappa shape index (κ1) is 17.2. The van der Waals surface area contributed by atoms with Crippen LogP contribution in [-0.4, -0.2) is 42.7 Å². The topological polar surface area (TPSA) is 88.7 Å². The predicted molar refractivity (Wildman–Crippen MR) is 95.0 cm³/mol. The van der Waals surface area contributed by atoms with E-state index in [2.05, 4.69) is 25.0 Å². The van der Waals surface area contributed by atoms with Crippen molar-refractivity contribution >= 4 is 5.82 Å². The summed E-state index contributed by atoms with van der Waals surface area (Å²) in [7, 11) is 0. The van der Waals surface area contributed by atoms with Gasteiger partial charge in [-0.1, -0.05) is 0 Å². The summed E-state index contributed by atoms with van der Waals surface area (Å²) in [5.74, 6) is 0.404. The number of rotatable bonds is 3. The van der Waals surface area contributed by atoms with Crippen LogP contribution in [-0.2, 0) is 24.7 Å². The quantitative estimate of drug-likeness (QED) is 0.718. The van der Waals surface area contributed by atoms with Crippen LogP contribution >= 0.6 is 0 Å². The van der Waals surface area contributed by atoms with Crippen molar-refractivity contribution in [2.45, 2.75) is 31.1 Å². The number of aromatic nitrogens is 5. The van der Waals surface area contributed by atoms with Gasteiger partial charge in [0.1, 0.15) is 11.6 Å². The van der Waals surface area contributed by atoms with Gasteiger partial charge in [-0.05, 0) is 18.6 Å². The molecule has 0 aromatic carbocycles. The van der Waals surface area contributed by atoms with E-state index in [4.69, 9.17) is 5.73 Å². The third-order valence-corrected chi connectivity index (χ3v) is 5.63. The number of nitrogen functional groups attached to an aromatic ring is 1. The molecule has 0 bridgehead atoms. The molecule has 1 spiro atoms. The number of halogens is 3. The molecule has 0 saturated carbocycles. The molecule has 7 nitrogen and oxygen atoms in total. The van der Waals surface area contributed by atoms with E-state index < -0.39 is 17.6 Å². The molecule has 0 radical (unpaired) electrons. The van der Waals surface area contributed by atoms with Gasteiger partial charge in [-0.2, -0.15) is 18.3 Å². The summed E-state index contributed by atoms with van der Waals surface area (Å²) >= 11 is 0. The fourth-order valence-electron chi connectivity index (χ4n) is 4.28. The average Bonchev–Trinajstić information content (AvgIpc) is 3.31. The minimum Gasteiger partial charge on any atom is -0.383 e. The maximum atomic E-state index is 13.1. The molecule has 10 heteroatoms. The van der Waals surface area contributed by atoms with Crippen LogP contribution in [0.3, 0.4) is 0 Å². The first-order valence-electron chi connectivity index (χ1n) is 8.96. The van der Waals surface area contributed by atoms with Crippen LogP contribution < -0.4 is 5.73 Å². The molecule has 2 aliphatic heterocycles. The number of likely N-dealkylation sites (tertiary alicyclic amines) is 1. The largest absolute Gasteiger partial charge is 0.419 e.